The Labute approximate surface area is 218 Å². The molecule has 1 saturated heterocycles. The quantitative estimate of drug-likeness (QED) is 0.348. The Bertz CT molecular complexity index is 1280. The number of aromatic amines is 1. The SMILES string of the molecule is CCC(=O)CCCCC[C@H](NC(=O)[C@H]1CC12CN(C)C2)c1ncc(-c2cc3ccccc3nc2OC)[nH]1. The topological polar surface area (TPSA) is 100 Å². The molecule has 2 N–H and O–H groups in total. The van der Waals surface area contributed by atoms with Gasteiger partial charge in [0.2, 0.25) is 11.8 Å². The lowest BCUT2D eigenvalue weighted by Crippen LogP contribution is -2.48. The first kappa shape index (κ1) is 25.4. The van der Waals surface area contributed by atoms with Crippen LogP contribution in [0.5, 0.6) is 5.88 Å². The number of hydrogen-bond donors (Lipinski definition) is 2. The highest BCUT2D eigenvalue weighted by molar-refractivity contribution is 5.85. The van der Waals surface area contributed by atoms with E-state index in [2.05, 4.69) is 38.3 Å². The van der Waals surface area contributed by atoms with Crippen LogP contribution in [-0.4, -0.2) is 58.8 Å². The Morgan fingerprint density at radius 1 is 1.24 bits per heavy atom. The Hall–Kier alpha value is -3.26. The molecule has 1 aliphatic heterocycles. The number of nitrogens with zero attached hydrogens (tertiary/aromatic N) is 3. The molecule has 1 spiro atoms. The fourth-order valence-corrected chi connectivity index (χ4v) is 5.77. The second kappa shape index (κ2) is 10.6. The second-order valence-corrected chi connectivity index (χ2v) is 10.8. The molecule has 1 aliphatic carbocycles. The molecule has 8 heteroatoms. The summed E-state index contributed by atoms with van der Waals surface area (Å²) in [6, 6.07) is 9.78. The zero-order valence-electron chi connectivity index (χ0n) is 22.0. The lowest BCUT2D eigenvalue weighted by atomic mass is 9.94. The number of benzene rings is 1. The minimum Gasteiger partial charge on any atom is -0.480 e. The molecule has 0 unspecified atom stereocenters. The molecule has 2 atom stereocenters. The van der Waals surface area contributed by atoms with Gasteiger partial charge < -0.3 is 19.9 Å². The molecule has 2 aliphatic rings. The van der Waals surface area contributed by atoms with Crippen LogP contribution in [0.1, 0.15) is 63.7 Å². The van der Waals surface area contributed by atoms with E-state index in [1.807, 2.05) is 31.2 Å². The predicted molar refractivity (Wildman–Crippen MR) is 143 cm³/mol. The van der Waals surface area contributed by atoms with Crippen molar-refractivity contribution < 1.29 is 14.3 Å². The van der Waals surface area contributed by atoms with E-state index < -0.39 is 0 Å². The monoisotopic (exact) mass is 503 g/mol. The number of rotatable bonds is 12. The van der Waals surface area contributed by atoms with Gasteiger partial charge in [0.1, 0.15) is 11.6 Å². The molecule has 2 fully saturated rings. The van der Waals surface area contributed by atoms with Gasteiger partial charge in [0, 0.05) is 42.7 Å². The van der Waals surface area contributed by atoms with E-state index in [9.17, 15) is 9.59 Å². The van der Waals surface area contributed by atoms with E-state index in [1.54, 1.807) is 13.3 Å². The highest BCUT2D eigenvalue weighted by Gasteiger charge is 2.63. The summed E-state index contributed by atoms with van der Waals surface area (Å²) in [7, 11) is 3.72. The van der Waals surface area contributed by atoms with Crippen LogP contribution < -0.4 is 10.1 Å². The number of amides is 1. The fourth-order valence-electron chi connectivity index (χ4n) is 5.77. The standard InChI is InChI=1S/C29H37N5O3/c1-4-20(35)11-6-5-7-13-24(32-27(36)22-15-29(22)17-34(2)18-29)26-30-16-25(31-26)21-14-19-10-8-9-12-23(19)33-28(21)37-3/h8-10,12,14,16,22,24H,4-7,11,13,15,17-18H2,1-3H3,(H,30,31)(H,32,36)/t22-,24+/m1/s1. The van der Waals surface area contributed by atoms with E-state index in [0.717, 1.165) is 73.2 Å². The molecule has 0 bridgehead atoms. The number of aromatic nitrogens is 3. The van der Waals surface area contributed by atoms with Gasteiger partial charge in [-0.05, 0) is 38.4 Å². The summed E-state index contributed by atoms with van der Waals surface area (Å²) in [6.07, 6.45) is 7.51. The van der Waals surface area contributed by atoms with Crippen LogP contribution in [0, 0.1) is 11.3 Å². The van der Waals surface area contributed by atoms with Crippen LogP contribution in [0.4, 0.5) is 0 Å². The molecular weight excluding hydrogens is 466 g/mol. The zero-order valence-corrected chi connectivity index (χ0v) is 22.0. The summed E-state index contributed by atoms with van der Waals surface area (Å²) in [5, 5.41) is 4.32. The van der Waals surface area contributed by atoms with E-state index in [0.29, 0.717) is 24.5 Å². The molecule has 2 aromatic heterocycles. The number of imidazole rings is 1. The van der Waals surface area contributed by atoms with Gasteiger partial charge in [-0.2, -0.15) is 0 Å². The van der Waals surface area contributed by atoms with Gasteiger partial charge in [-0.1, -0.05) is 38.0 Å². The summed E-state index contributed by atoms with van der Waals surface area (Å²) in [5.74, 6) is 1.80. The number of carbonyl (C=O) groups is 2. The molecule has 1 aromatic carbocycles. The highest BCUT2D eigenvalue weighted by atomic mass is 16.5. The number of pyridine rings is 1. The third-order valence-corrected chi connectivity index (χ3v) is 7.93. The van der Waals surface area contributed by atoms with Crippen molar-refractivity contribution in [3.05, 3.63) is 42.4 Å². The molecule has 5 rings (SSSR count). The summed E-state index contributed by atoms with van der Waals surface area (Å²) in [4.78, 5) is 39.9. The number of para-hydroxylation sites is 1. The van der Waals surface area contributed by atoms with Crippen molar-refractivity contribution >= 4 is 22.6 Å². The van der Waals surface area contributed by atoms with Crippen LogP contribution in [0.2, 0.25) is 0 Å². The maximum Gasteiger partial charge on any atom is 0.224 e. The van der Waals surface area contributed by atoms with E-state index in [4.69, 9.17) is 4.74 Å². The van der Waals surface area contributed by atoms with Gasteiger partial charge in [0.05, 0.1) is 36.1 Å². The van der Waals surface area contributed by atoms with Gasteiger partial charge in [0.15, 0.2) is 0 Å². The van der Waals surface area contributed by atoms with Crippen LogP contribution >= 0.6 is 0 Å². The first-order chi connectivity index (χ1) is 17.9. The number of hydrogen-bond acceptors (Lipinski definition) is 6. The molecular formula is C29H37N5O3. The number of nitrogens with one attached hydrogen (secondary N) is 2. The molecule has 1 saturated carbocycles. The average molecular weight is 504 g/mol. The lowest BCUT2D eigenvalue weighted by molar-refractivity contribution is -0.125. The minimum atomic E-state index is -0.210. The predicted octanol–water partition coefficient (Wildman–Crippen LogP) is 4.67. The van der Waals surface area contributed by atoms with Crippen LogP contribution in [0.25, 0.3) is 22.2 Å². The fraction of sp³-hybridized carbons (Fsp3) is 0.517. The second-order valence-electron chi connectivity index (χ2n) is 10.8. The van der Waals surface area contributed by atoms with Gasteiger partial charge in [-0.3, -0.25) is 9.59 Å². The summed E-state index contributed by atoms with van der Waals surface area (Å²) < 4.78 is 5.59. The van der Waals surface area contributed by atoms with Crippen molar-refractivity contribution in [2.24, 2.45) is 11.3 Å². The van der Waals surface area contributed by atoms with E-state index in [-0.39, 0.29) is 23.3 Å². The molecule has 3 aromatic rings. The largest absolute Gasteiger partial charge is 0.480 e. The first-order valence-corrected chi connectivity index (χ1v) is 13.4. The minimum absolute atomic E-state index is 0.0904. The average Bonchev–Trinajstić information content (AvgIpc) is 3.43. The summed E-state index contributed by atoms with van der Waals surface area (Å²) in [5.41, 5.74) is 2.69. The summed E-state index contributed by atoms with van der Waals surface area (Å²) >= 11 is 0. The smallest absolute Gasteiger partial charge is 0.224 e. The van der Waals surface area contributed by atoms with Gasteiger partial charge >= 0.3 is 0 Å². The van der Waals surface area contributed by atoms with Crippen LogP contribution in [0.15, 0.2) is 36.5 Å². The van der Waals surface area contributed by atoms with Gasteiger partial charge in [-0.15, -0.1) is 0 Å². The molecule has 37 heavy (non-hydrogen) atoms. The van der Waals surface area contributed by atoms with E-state index in [1.165, 1.54) is 0 Å². The number of carbonyl (C=O) groups excluding carboxylic acids is 2. The maximum absolute atomic E-state index is 13.2. The molecule has 196 valence electrons. The van der Waals surface area contributed by atoms with Crippen molar-refractivity contribution in [1.29, 1.82) is 0 Å². The van der Waals surface area contributed by atoms with Crippen molar-refractivity contribution in [3.63, 3.8) is 0 Å². The molecule has 8 nitrogen and oxygen atoms in total. The third kappa shape index (κ3) is 5.39. The highest BCUT2D eigenvalue weighted by Crippen LogP contribution is 2.58. The number of methoxy groups -OCH3 is 1. The van der Waals surface area contributed by atoms with Gasteiger partial charge in [0.25, 0.3) is 0 Å². The normalized spacial score (nSPS) is 18.9. The van der Waals surface area contributed by atoms with Crippen molar-refractivity contribution in [2.45, 2.75) is 57.9 Å². The van der Waals surface area contributed by atoms with Crippen molar-refractivity contribution in [2.75, 3.05) is 27.2 Å². The molecule has 0 radical (unpaired) electrons. The molecule has 3 heterocycles. The van der Waals surface area contributed by atoms with Crippen molar-refractivity contribution in [3.8, 4) is 17.1 Å². The number of fused-ring (bicyclic) bond motifs is 1. The Morgan fingerprint density at radius 3 is 2.81 bits per heavy atom. The van der Waals surface area contributed by atoms with Crippen molar-refractivity contribution in [1.82, 2.24) is 25.2 Å². The molecule has 1 amide bonds. The first-order valence-electron chi connectivity index (χ1n) is 13.4. The number of unbranched alkanes of at least 4 members (excludes halogenated alkanes) is 2. The Balaban J connectivity index is 1.32. The number of H-pyrrole nitrogens is 1. The number of likely N-dealkylation sites (tertiary alicyclic amines) is 1. The number of ether oxygens (including phenoxy) is 1. The van der Waals surface area contributed by atoms with Gasteiger partial charge in [-0.25, -0.2) is 9.97 Å². The third-order valence-electron chi connectivity index (χ3n) is 7.93. The number of Topliss-reactive ketones (excluding diaryl/α,β-unsaturated/α-hetero) is 1. The number of ketones is 1. The van der Waals surface area contributed by atoms with E-state index >= 15 is 0 Å². The lowest BCUT2D eigenvalue weighted by Gasteiger charge is -2.37. The zero-order chi connectivity index (χ0) is 26.0. The van der Waals surface area contributed by atoms with Crippen LogP contribution in [-0.2, 0) is 9.59 Å². The Kier molecular flexibility index (Phi) is 7.29. The summed E-state index contributed by atoms with van der Waals surface area (Å²) in [6.45, 7) is 3.91. The maximum atomic E-state index is 13.2. The Morgan fingerprint density at radius 2 is 2.05 bits per heavy atom. The van der Waals surface area contributed by atoms with Crippen LogP contribution in [0.3, 0.4) is 0 Å².